The van der Waals surface area contributed by atoms with E-state index in [1.165, 1.54) is 12.1 Å². The van der Waals surface area contributed by atoms with Crippen LogP contribution < -0.4 is 10.1 Å². The predicted molar refractivity (Wildman–Crippen MR) is 71.0 cm³/mol. The molecule has 0 aliphatic carbocycles. The molecule has 1 saturated heterocycles. The van der Waals surface area contributed by atoms with Crippen molar-refractivity contribution in [2.24, 2.45) is 0 Å². The third kappa shape index (κ3) is 4.10. The lowest BCUT2D eigenvalue weighted by molar-refractivity contribution is -0.137. The first-order valence-corrected chi connectivity index (χ1v) is 6.68. The van der Waals surface area contributed by atoms with Crippen LogP contribution in [0.5, 0.6) is 5.75 Å². The highest BCUT2D eigenvalue weighted by atomic mass is 19.4. The molecule has 1 aliphatic rings. The Labute approximate surface area is 120 Å². The maximum atomic E-state index is 12.6. The minimum absolute atomic E-state index is 0.0426. The molecule has 21 heavy (non-hydrogen) atoms. The number of halogens is 3. The van der Waals surface area contributed by atoms with Gasteiger partial charge in [-0.3, -0.25) is 4.79 Å². The molecule has 1 N–H and O–H groups in total. The second kappa shape index (κ2) is 6.34. The van der Waals surface area contributed by atoms with Gasteiger partial charge in [-0.2, -0.15) is 13.2 Å². The zero-order valence-corrected chi connectivity index (χ0v) is 11.6. The zero-order chi connectivity index (χ0) is 15.5. The van der Waals surface area contributed by atoms with E-state index in [-0.39, 0.29) is 24.3 Å². The normalized spacial score (nSPS) is 19.4. The molecule has 1 aromatic carbocycles. The molecule has 1 atom stereocenters. The maximum absolute atomic E-state index is 12.6. The summed E-state index contributed by atoms with van der Waals surface area (Å²) in [4.78, 5) is 13.7. The van der Waals surface area contributed by atoms with Crippen molar-refractivity contribution >= 4 is 5.91 Å². The van der Waals surface area contributed by atoms with Gasteiger partial charge >= 0.3 is 6.18 Å². The van der Waals surface area contributed by atoms with Crippen LogP contribution in [0.15, 0.2) is 24.3 Å². The fraction of sp³-hybridized carbons (Fsp3) is 0.500. The van der Waals surface area contributed by atoms with Gasteiger partial charge in [0, 0.05) is 25.7 Å². The summed E-state index contributed by atoms with van der Waals surface area (Å²) in [5.41, 5.74) is -0.789. The first-order valence-electron chi connectivity index (χ1n) is 6.68. The summed E-state index contributed by atoms with van der Waals surface area (Å²) in [6.45, 7) is 3.64. The Morgan fingerprint density at radius 2 is 2.24 bits per heavy atom. The minimum Gasteiger partial charge on any atom is -0.484 e. The summed E-state index contributed by atoms with van der Waals surface area (Å²) in [6, 6.07) is 4.58. The quantitative estimate of drug-likeness (QED) is 0.927. The lowest BCUT2D eigenvalue weighted by Crippen LogP contribution is -2.53. The number of rotatable bonds is 3. The number of benzene rings is 1. The highest BCUT2D eigenvalue weighted by Gasteiger charge is 2.30. The van der Waals surface area contributed by atoms with E-state index < -0.39 is 11.7 Å². The minimum atomic E-state index is -4.42. The summed E-state index contributed by atoms with van der Waals surface area (Å²) < 4.78 is 42.9. The topological polar surface area (TPSA) is 41.6 Å². The average Bonchev–Trinajstić information content (AvgIpc) is 2.45. The highest BCUT2D eigenvalue weighted by molar-refractivity contribution is 5.78. The van der Waals surface area contributed by atoms with E-state index in [0.717, 1.165) is 12.1 Å². The molecule has 116 valence electrons. The molecule has 0 radical (unpaired) electrons. The number of nitrogens with zero attached hydrogens (tertiary/aromatic N) is 1. The molecule has 1 heterocycles. The Kier molecular flexibility index (Phi) is 4.72. The number of nitrogens with one attached hydrogen (secondary N) is 1. The smallest absolute Gasteiger partial charge is 0.416 e. The van der Waals surface area contributed by atoms with Crippen LogP contribution in [0, 0.1) is 0 Å². The maximum Gasteiger partial charge on any atom is 0.416 e. The van der Waals surface area contributed by atoms with Crippen molar-refractivity contribution in [2.45, 2.75) is 19.1 Å². The van der Waals surface area contributed by atoms with Gasteiger partial charge in [0.2, 0.25) is 0 Å². The first kappa shape index (κ1) is 15.6. The van der Waals surface area contributed by atoms with Crippen molar-refractivity contribution in [1.82, 2.24) is 10.2 Å². The lowest BCUT2D eigenvalue weighted by Gasteiger charge is -2.33. The molecule has 0 aromatic heterocycles. The molecule has 0 saturated carbocycles. The van der Waals surface area contributed by atoms with E-state index in [1.807, 2.05) is 6.92 Å². The highest BCUT2D eigenvalue weighted by Crippen LogP contribution is 2.31. The van der Waals surface area contributed by atoms with Crippen LogP contribution >= 0.6 is 0 Å². The first-order chi connectivity index (χ1) is 9.88. The fourth-order valence-corrected chi connectivity index (χ4v) is 2.20. The van der Waals surface area contributed by atoms with Crippen LogP contribution in [0.1, 0.15) is 12.5 Å². The van der Waals surface area contributed by atoms with Crippen molar-refractivity contribution in [2.75, 3.05) is 26.2 Å². The van der Waals surface area contributed by atoms with Crippen molar-refractivity contribution in [3.63, 3.8) is 0 Å². The van der Waals surface area contributed by atoms with E-state index in [9.17, 15) is 18.0 Å². The SMILES string of the molecule is C[C@@H]1CNCCN1C(=O)COc1cccc(C(F)(F)F)c1. The molecule has 4 nitrogen and oxygen atoms in total. The van der Waals surface area contributed by atoms with Crippen LogP contribution in [0.3, 0.4) is 0 Å². The molecular formula is C14H17F3N2O2. The lowest BCUT2D eigenvalue weighted by atomic mass is 10.2. The standard InChI is InChI=1S/C14H17F3N2O2/c1-10-8-18-5-6-19(10)13(20)9-21-12-4-2-3-11(7-12)14(15,16)17/h2-4,7,10,18H,5-6,8-9H2,1H3/t10-/m1/s1. The molecule has 1 fully saturated rings. The van der Waals surface area contributed by atoms with E-state index >= 15 is 0 Å². The number of hydrogen-bond donors (Lipinski definition) is 1. The van der Waals surface area contributed by atoms with Gasteiger partial charge in [-0.05, 0) is 25.1 Å². The molecule has 1 amide bonds. The van der Waals surface area contributed by atoms with Gasteiger partial charge in [-0.25, -0.2) is 0 Å². The van der Waals surface area contributed by atoms with Crippen LogP contribution in [0.4, 0.5) is 13.2 Å². The van der Waals surface area contributed by atoms with Crippen molar-refractivity contribution in [1.29, 1.82) is 0 Å². The van der Waals surface area contributed by atoms with E-state index in [0.29, 0.717) is 19.6 Å². The number of hydrogen-bond acceptors (Lipinski definition) is 3. The van der Waals surface area contributed by atoms with Crippen LogP contribution in [0.25, 0.3) is 0 Å². The van der Waals surface area contributed by atoms with E-state index in [1.54, 1.807) is 4.90 Å². The Balaban J connectivity index is 1.95. The third-order valence-corrected chi connectivity index (χ3v) is 3.35. The molecule has 1 aromatic rings. The van der Waals surface area contributed by atoms with Gasteiger partial charge in [-0.1, -0.05) is 6.07 Å². The van der Waals surface area contributed by atoms with Crippen LogP contribution in [-0.4, -0.2) is 43.1 Å². The molecule has 2 rings (SSSR count). The molecule has 7 heteroatoms. The van der Waals surface area contributed by atoms with Gasteiger partial charge in [0.05, 0.1) is 5.56 Å². The third-order valence-electron chi connectivity index (χ3n) is 3.35. The monoisotopic (exact) mass is 302 g/mol. The molecule has 0 bridgehead atoms. The van der Waals surface area contributed by atoms with Crippen LogP contribution in [-0.2, 0) is 11.0 Å². The van der Waals surface area contributed by atoms with Gasteiger partial charge in [0.1, 0.15) is 5.75 Å². The van der Waals surface area contributed by atoms with Crippen molar-refractivity contribution in [3.8, 4) is 5.75 Å². The Bertz CT molecular complexity index is 505. The summed E-state index contributed by atoms with van der Waals surface area (Å²) in [7, 11) is 0. The summed E-state index contributed by atoms with van der Waals surface area (Å²) in [5.74, 6) is -0.178. The molecule has 1 aliphatic heterocycles. The number of piperazine rings is 1. The Morgan fingerprint density at radius 3 is 2.90 bits per heavy atom. The number of ether oxygens (including phenoxy) is 1. The van der Waals surface area contributed by atoms with Gasteiger partial charge in [0.15, 0.2) is 6.61 Å². The Hall–Kier alpha value is -1.76. The van der Waals surface area contributed by atoms with Gasteiger partial charge in [0.25, 0.3) is 5.91 Å². The van der Waals surface area contributed by atoms with Crippen LogP contribution in [0.2, 0.25) is 0 Å². The Morgan fingerprint density at radius 1 is 1.48 bits per heavy atom. The van der Waals surface area contributed by atoms with Crippen molar-refractivity contribution < 1.29 is 22.7 Å². The largest absolute Gasteiger partial charge is 0.484 e. The summed E-state index contributed by atoms with van der Waals surface area (Å²) in [5, 5.41) is 3.16. The summed E-state index contributed by atoms with van der Waals surface area (Å²) >= 11 is 0. The predicted octanol–water partition coefficient (Wildman–Crippen LogP) is 1.90. The van der Waals surface area contributed by atoms with E-state index in [4.69, 9.17) is 4.74 Å². The fourth-order valence-electron chi connectivity index (χ4n) is 2.20. The molecular weight excluding hydrogens is 285 g/mol. The zero-order valence-electron chi connectivity index (χ0n) is 11.6. The number of carbonyl (C=O) groups is 1. The van der Waals surface area contributed by atoms with Gasteiger partial charge in [-0.15, -0.1) is 0 Å². The van der Waals surface area contributed by atoms with E-state index in [2.05, 4.69) is 5.32 Å². The second-order valence-corrected chi connectivity index (χ2v) is 4.95. The molecule has 0 spiro atoms. The number of carbonyl (C=O) groups excluding carboxylic acids is 1. The second-order valence-electron chi connectivity index (χ2n) is 4.95. The molecule has 0 unspecified atom stereocenters. The number of amides is 1. The number of alkyl halides is 3. The van der Waals surface area contributed by atoms with Crippen molar-refractivity contribution in [3.05, 3.63) is 29.8 Å². The van der Waals surface area contributed by atoms with Gasteiger partial charge < -0.3 is 15.0 Å². The average molecular weight is 302 g/mol. The summed E-state index contributed by atoms with van der Waals surface area (Å²) in [6.07, 6.45) is -4.42.